The topological polar surface area (TPSA) is 55.1 Å². The smallest absolute Gasteiger partial charge is 0.316 e. The van der Waals surface area contributed by atoms with Crippen molar-refractivity contribution in [1.29, 1.82) is 0 Å². The molecule has 3 heterocycles. The Morgan fingerprint density at radius 1 is 1.13 bits per heavy atom. The fourth-order valence-corrected chi connectivity index (χ4v) is 3.87. The maximum Gasteiger partial charge on any atom is 0.345 e. The van der Waals surface area contributed by atoms with Crippen LogP contribution in [0.15, 0.2) is 4.79 Å². The van der Waals surface area contributed by atoms with Crippen molar-refractivity contribution in [1.82, 2.24) is 24.6 Å². The normalized spacial score (nSPS) is 23.8. The quantitative estimate of drug-likeness (QED) is 0.891. The number of aromatic nitrogens is 3. The maximum atomic E-state index is 12.6. The Hall–Kier alpha value is -1.14. The number of nitrogens with one attached hydrogen (secondary N) is 1. The van der Waals surface area contributed by atoms with Gasteiger partial charge in [0.15, 0.2) is 0 Å². The molecule has 0 bridgehead atoms. The van der Waals surface area contributed by atoms with Crippen molar-refractivity contribution >= 4 is 0 Å². The Balaban J connectivity index is 1.69. The molecule has 1 aromatic heterocycles. The van der Waals surface area contributed by atoms with E-state index in [0.29, 0.717) is 12.5 Å². The molecule has 1 N–H and O–H groups in total. The van der Waals surface area contributed by atoms with Gasteiger partial charge in [-0.15, -0.1) is 0 Å². The summed E-state index contributed by atoms with van der Waals surface area (Å²) in [5.41, 5.74) is 0.0721. The highest BCUT2D eigenvalue weighted by atomic mass is 16.2. The van der Waals surface area contributed by atoms with Crippen LogP contribution in [0, 0.1) is 0 Å². The summed E-state index contributed by atoms with van der Waals surface area (Å²) >= 11 is 0. The van der Waals surface area contributed by atoms with Crippen LogP contribution >= 0.6 is 0 Å². The number of piperidine rings is 1. The summed E-state index contributed by atoms with van der Waals surface area (Å²) < 4.78 is 3.58. The standard InChI is InChI=1S/C17H31N5O/c1-2-21-16(15-8-7-9-18-14-15)19-22(17(21)23)13-12-20-10-5-3-4-6-11-20/h15,18H,2-14H2,1H3. The predicted octanol–water partition coefficient (Wildman–Crippen LogP) is 1.41. The van der Waals surface area contributed by atoms with Crippen LogP contribution in [-0.2, 0) is 13.1 Å². The molecule has 0 aromatic carbocycles. The van der Waals surface area contributed by atoms with E-state index in [0.717, 1.165) is 38.4 Å². The van der Waals surface area contributed by atoms with Gasteiger partial charge in [-0.3, -0.25) is 4.57 Å². The molecule has 1 unspecified atom stereocenters. The van der Waals surface area contributed by atoms with Crippen LogP contribution in [0.25, 0.3) is 0 Å². The zero-order valence-electron chi connectivity index (χ0n) is 14.5. The highest BCUT2D eigenvalue weighted by Crippen LogP contribution is 2.20. The number of hydrogen-bond acceptors (Lipinski definition) is 4. The molecule has 2 fully saturated rings. The Kier molecular flexibility index (Phi) is 5.89. The third-order valence-corrected chi connectivity index (χ3v) is 5.26. The lowest BCUT2D eigenvalue weighted by Gasteiger charge is -2.22. The van der Waals surface area contributed by atoms with E-state index in [1.165, 1.54) is 45.2 Å². The van der Waals surface area contributed by atoms with Gasteiger partial charge in [-0.1, -0.05) is 12.8 Å². The molecule has 2 aliphatic rings. The van der Waals surface area contributed by atoms with E-state index in [-0.39, 0.29) is 5.69 Å². The molecule has 6 nitrogen and oxygen atoms in total. The van der Waals surface area contributed by atoms with Crippen LogP contribution in [0.3, 0.4) is 0 Å². The molecule has 23 heavy (non-hydrogen) atoms. The van der Waals surface area contributed by atoms with Crippen molar-refractivity contribution in [3.63, 3.8) is 0 Å². The largest absolute Gasteiger partial charge is 0.345 e. The first-order chi connectivity index (χ1) is 11.3. The molecule has 0 spiro atoms. The fourth-order valence-electron chi connectivity index (χ4n) is 3.87. The van der Waals surface area contributed by atoms with Gasteiger partial charge < -0.3 is 10.2 Å². The van der Waals surface area contributed by atoms with Crippen LogP contribution in [0.4, 0.5) is 0 Å². The number of nitrogens with zero attached hydrogens (tertiary/aromatic N) is 4. The summed E-state index contributed by atoms with van der Waals surface area (Å²) in [6.07, 6.45) is 7.58. The highest BCUT2D eigenvalue weighted by molar-refractivity contribution is 5.00. The van der Waals surface area contributed by atoms with E-state index < -0.39 is 0 Å². The fraction of sp³-hybridized carbons (Fsp3) is 0.882. The van der Waals surface area contributed by atoms with E-state index in [1.807, 2.05) is 11.5 Å². The summed E-state index contributed by atoms with van der Waals surface area (Å²) in [6, 6.07) is 0. The van der Waals surface area contributed by atoms with Gasteiger partial charge in [0, 0.05) is 25.6 Å². The Labute approximate surface area is 138 Å². The SMILES string of the molecule is CCn1c(C2CCCNC2)nn(CCN2CCCCCC2)c1=O. The van der Waals surface area contributed by atoms with Crippen LogP contribution in [0.5, 0.6) is 0 Å². The first-order valence-corrected chi connectivity index (χ1v) is 9.40. The minimum Gasteiger partial charge on any atom is -0.316 e. The van der Waals surface area contributed by atoms with E-state index in [1.54, 1.807) is 4.68 Å². The van der Waals surface area contributed by atoms with Crippen LogP contribution in [-0.4, -0.2) is 52.0 Å². The summed E-state index contributed by atoms with van der Waals surface area (Å²) in [6.45, 7) is 8.80. The summed E-state index contributed by atoms with van der Waals surface area (Å²) in [7, 11) is 0. The van der Waals surface area contributed by atoms with Gasteiger partial charge in [0.25, 0.3) is 0 Å². The van der Waals surface area contributed by atoms with Gasteiger partial charge in [0.05, 0.1) is 6.54 Å². The molecule has 2 saturated heterocycles. The predicted molar refractivity (Wildman–Crippen MR) is 91.9 cm³/mol. The van der Waals surface area contributed by atoms with Gasteiger partial charge in [0.2, 0.25) is 0 Å². The molecular weight excluding hydrogens is 290 g/mol. The molecule has 0 aliphatic carbocycles. The molecule has 1 aromatic rings. The molecule has 0 amide bonds. The summed E-state index contributed by atoms with van der Waals surface area (Å²) in [5.74, 6) is 1.37. The number of hydrogen-bond donors (Lipinski definition) is 1. The second-order valence-electron chi connectivity index (χ2n) is 6.91. The van der Waals surface area contributed by atoms with E-state index in [4.69, 9.17) is 5.10 Å². The van der Waals surface area contributed by atoms with Crippen LogP contribution in [0.1, 0.15) is 57.2 Å². The molecule has 6 heteroatoms. The van der Waals surface area contributed by atoms with E-state index in [9.17, 15) is 4.79 Å². The van der Waals surface area contributed by atoms with Gasteiger partial charge in [-0.05, 0) is 52.2 Å². The van der Waals surface area contributed by atoms with Crippen molar-refractivity contribution < 1.29 is 0 Å². The second kappa shape index (κ2) is 8.11. The van der Waals surface area contributed by atoms with Crippen molar-refractivity contribution in [2.45, 2.75) is 64.5 Å². The first-order valence-electron chi connectivity index (χ1n) is 9.40. The van der Waals surface area contributed by atoms with Crippen molar-refractivity contribution in [3.8, 4) is 0 Å². The third kappa shape index (κ3) is 4.04. The zero-order chi connectivity index (χ0) is 16.1. The van der Waals surface area contributed by atoms with E-state index >= 15 is 0 Å². The van der Waals surface area contributed by atoms with Crippen molar-refractivity contribution in [3.05, 3.63) is 16.3 Å². The lowest BCUT2D eigenvalue weighted by Crippen LogP contribution is -2.33. The molecule has 0 saturated carbocycles. The number of likely N-dealkylation sites (tertiary alicyclic amines) is 1. The Bertz CT molecular complexity index is 536. The van der Waals surface area contributed by atoms with Crippen molar-refractivity contribution in [2.75, 3.05) is 32.7 Å². The zero-order valence-corrected chi connectivity index (χ0v) is 14.5. The van der Waals surface area contributed by atoms with E-state index in [2.05, 4.69) is 10.2 Å². The Morgan fingerprint density at radius 2 is 1.91 bits per heavy atom. The maximum absolute atomic E-state index is 12.6. The van der Waals surface area contributed by atoms with Crippen LogP contribution in [0.2, 0.25) is 0 Å². The molecule has 130 valence electrons. The third-order valence-electron chi connectivity index (χ3n) is 5.26. The molecule has 3 rings (SSSR count). The molecular formula is C17H31N5O. The lowest BCUT2D eigenvalue weighted by molar-refractivity contribution is 0.266. The minimum atomic E-state index is 0.0721. The average Bonchev–Trinajstić information content (AvgIpc) is 2.76. The average molecular weight is 321 g/mol. The number of rotatable bonds is 5. The first kappa shape index (κ1) is 16.7. The van der Waals surface area contributed by atoms with Gasteiger partial charge >= 0.3 is 5.69 Å². The van der Waals surface area contributed by atoms with Gasteiger partial charge in [-0.2, -0.15) is 5.10 Å². The lowest BCUT2D eigenvalue weighted by atomic mass is 9.99. The summed E-state index contributed by atoms with van der Waals surface area (Å²) in [5, 5.41) is 8.14. The Morgan fingerprint density at radius 3 is 2.57 bits per heavy atom. The molecule has 1 atom stereocenters. The van der Waals surface area contributed by atoms with Crippen molar-refractivity contribution in [2.24, 2.45) is 0 Å². The second-order valence-corrected chi connectivity index (χ2v) is 6.91. The minimum absolute atomic E-state index is 0.0721. The molecule has 0 radical (unpaired) electrons. The van der Waals surface area contributed by atoms with Crippen LogP contribution < -0.4 is 11.0 Å². The van der Waals surface area contributed by atoms with Gasteiger partial charge in [0.1, 0.15) is 5.82 Å². The monoisotopic (exact) mass is 321 g/mol. The summed E-state index contributed by atoms with van der Waals surface area (Å²) in [4.78, 5) is 15.1. The molecule has 2 aliphatic heterocycles. The highest BCUT2D eigenvalue weighted by Gasteiger charge is 2.23. The van der Waals surface area contributed by atoms with Gasteiger partial charge in [-0.25, -0.2) is 9.48 Å².